The second-order valence-corrected chi connectivity index (χ2v) is 4.59. The molecule has 0 aliphatic heterocycles. The van der Waals surface area contributed by atoms with Gasteiger partial charge in [0, 0.05) is 6.04 Å². The molecule has 0 aromatic rings. The third-order valence-electron chi connectivity index (χ3n) is 3.23. The Labute approximate surface area is 107 Å². The lowest BCUT2D eigenvalue weighted by Gasteiger charge is -2.25. The fourth-order valence-electron chi connectivity index (χ4n) is 2.14. The van der Waals surface area contributed by atoms with Crippen LogP contribution in [0, 0.1) is 5.92 Å². The molecule has 110 valence electrons. The largest absolute Gasteiger partial charge is 0.481 e. The molecule has 0 aromatic carbocycles. The van der Waals surface area contributed by atoms with Crippen molar-refractivity contribution in [3.63, 3.8) is 0 Å². The monoisotopic (exact) mass is 285 g/mol. The maximum absolute atomic E-state index is 12.8. The number of halogens is 4. The highest BCUT2D eigenvalue weighted by atomic mass is 19.3. The van der Waals surface area contributed by atoms with Gasteiger partial charge >= 0.3 is 18.3 Å². The van der Waals surface area contributed by atoms with E-state index in [4.69, 9.17) is 5.11 Å². The van der Waals surface area contributed by atoms with Crippen LogP contribution < -0.4 is 5.32 Å². The van der Waals surface area contributed by atoms with Crippen LogP contribution in [0.15, 0.2) is 0 Å². The molecule has 0 radical (unpaired) electrons. The van der Waals surface area contributed by atoms with Gasteiger partial charge in [0.25, 0.3) is 5.91 Å². The fraction of sp³-hybridized carbons (Fsp3) is 0.818. The third-order valence-corrected chi connectivity index (χ3v) is 3.23. The highest BCUT2D eigenvalue weighted by molar-refractivity contribution is 5.84. The Kier molecular flexibility index (Phi) is 5.13. The molecule has 0 bridgehead atoms. The number of carbonyl (C=O) groups is 2. The average Bonchev–Trinajstić information content (AvgIpc) is 2.54. The number of amides is 1. The molecule has 2 atom stereocenters. The van der Waals surface area contributed by atoms with Crippen molar-refractivity contribution in [2.24, 2.45) is 5.92 Å². The molecule has 1 amide bonds. The van der Waals surface area contributed by atoms with Crippen LogP contribution in [0.3, 0.4) is 0 Å². The molecular formula is C11H15F4NO3. The molecule has 4 nitrogen and oxygen atoms in total. The van der Waals surface area contributed by atoms with E-state index in [0.29, 0.717) is 12.8 Å². The zero-order valence-corrected chi connectivity index (χ0v) is 10.0. The number of hydrogen-bond acceptors (Lipinski definition) is 2. The second kappa shape index (κ2) is 6.21. The molecule has 8 heteroatoms. The maximum atomic E-state index is 12.8. The topological polar surface area (TPSA) is 66.4 Å². The quantitative estimate of drug-likeness (QED) is 0.613. The van der Waals surface area contributed by atoms with E-state index in [0.717, 1.165) is 6.42 Å². The number of carboxylic acids is 1. The summed E-state index contributed by atoms with van der Waals surface area (Å²) in [6, 6.07) is -1.03. The fourth-order valence-corrected chi connectivity index (χ4v) is 2.14. The molecule has 1 rings (SSSR count). The van der Waals surface area contributed by atoms with Gasteiger partial charge in [-0.1, -0.05) is 19.3 Å². The van der Waals surface area contributed by atoms with Gasteiger partial charge in [-0.25, -0.2) is 8.78 Å². The van der Waals surface area contributed by atoms with Crippen molar-refractivity contribution in [2.75, 3.05) is 0 Å². The smallest absolute Gasteiger partial charge is 0.383 e. The molecule has 19 heavy (non-hydrogen) atoms. The van der Waals surface area contributed by atoms with E-state index in [1.54, 1.807) is 5.32 Å². The zero-order chi connectivity index (χ0) is 14.6. The molecule has 1 saturated carbocycles. The lowest BCUT2D eigenvalue weighted by Crippen LogP contribution is -2.51. The van der Waals surface area contributed by atoms with Crippen molar-refractivity contribution in [2.45, 2.75) is 50.5 Å². The minimum absolute atomic E-state index is 0.196. The Balaban J connectivity index is 2.76. The summed E-state index contributed by atoms with van der Waals surface area (Å²) in [6.45, 7) is 0. The Bertz CT molecular complexity index is 349. The zero-order valence-electron chi connectivity index (χ0n) is 10.0. The van der Waals surface area contributed by atoms with Crippen LogP contribution in [0.1, 0.15) is 32.1 Å². The normalized spacial score (nSPS) is 24.9. The number of rotatable bonds is 4. The lowest BCUT2D eigenvalue weighted by molar-refractivity contribution is -0.170. The number of nitrogens with one attached hydrogen (secondary N) is 1. The van der Waals surface area contributed by atoms with Crippen LogP contribution in [-0.2, 0) is 9.59 Å². The predicted molar refractivity (Wildman–Crippen MR) is 57.1 cm³/mol. The number of aliphatic carboxylic acids is 1. The first-order valence-corrected chi connectivity index (χ1v) is 5.96. The van der Waals surface area contributed by atoms with Gasteiger partial charge < -0.3 is 10.4 Å². The third kappa shape index (κ3) is 3.81. The van der Waals surface area contributed by atoms with E-state index in [-0.39, 0.29) is 12.8 Å². The van der Waals surface area contributed by atoms with Crippen molar-refractivity contribution in [1.82, 2.24) is 5.32 Å². The van der Waals surface area contributed by atoms with Crippen LogP contribution in [0.25, 0.3) is 0 Å². The Morgan fingerprint density at radius 3 is 2.26 bits per heavy atom. The standard InChI is InChI=1S/C11H15F4NO3/c12-9(13)11(14,15)10(19)16-7-5-3-1-2-4-6(7)8(17)18/h6-7,9H,1-5H2,(H,16,19)(H,17,18). The van der Waals surface area contributed by atoms with Crippen LogP contribution >= 0.6 is 0 Å². The van der Waals surface area contributed by atoms with Crippen LogP contribution in [0.2, 0.25) is 0 Å². The van der Waals surface area contributed by atoms with Gasteiger partial charge in [0.2, 0.25) is 0 Å². The molecule has 0 aromatic heterocycles. The van der Waals surface area contributed by atoms with E-state index < -0.39 is 36.2 Å². The molecule has 1 fully saturated rings. The highest BCUT2D eigenvalue weighted by Gasteiger charge is 2.50. The van der Waals surface area contributed by atoms with Gasteiger partial charge in [-0.3, -0.25) is 9.59 Å². The van der Waals surface area contributed by atoms with Crippen LogP contribution in [-0.4, -0.2) is 35.4 Å². The molecule has 0 spiro atoms. The van der Waals surface area contributed by atoms with Crippen molar-refractivity contribution < 1.29 is 32.3 Å². The summed E-state index contributed by atoms with van der Waals surface area (Å²) in [7, 11) is 0. The summed E-state index contributed by atoms with van der Waals surface area (Å²) in [4.78, 5) is 22.1. The van der Waals surface area contributed by atoms with E-state index >= 15 is 0 Å². The van der Waals surface area contributed by atoms with Crippen molar-refractivity contribution in [3.05, 3.63) is 0 Å². The summed E-state index contributed by atoms with van der Waals surface area (Å²) >= 11 is 0. The number of hydrogen-bond donors (Lipinski definition) is 2. The number of alkyl halides is 4. The van der Waals surface area contributed by atoms with Gasteiger partial charge in [-0.05, 0) is 12.8 Å². The van der Waals surface area contributed by atoms with Gasteiger partial charge in [-0.2, -0.15) is 8.78 Å². The molecule has 1 aliphatic carbocycles. The Hall–Kier alpha value is -1.34. The molecule has 0 heterocycles. The van der Waals surface area contributed by atoms with Gasteiger partial charge in [-0.15, -0.1) is 0 Å². The average molecular weight is 285 g/mol. The minimum Gasteiger partial charge on any atom is -0.481 e. The van der Waals surface area contributed by atoms with Gasteiger partial charge in [0.1, 0.15) is 0 Å². The lowest BCUT2D eigenvalue weighted by atomic mass is 9.94. The SMILES string of the molecule is O=C(O)C1CCCCCC1NC(=O)C(F)(F)C(F)F. The first-order chi connectivity index (χ1) is 8.76. The number of carboxylic acid groups (broad SMARTS) is 1. The summed E-state index contributed by atoms with van der Waals surface area (Å²) in [6.07, 6.45) is -1.78. The molecular weight excluding hydrogens is 270 g/mol. The van der Waals surface area contributed by atoms with E-state index in [2.05, 4.69) is 0 Å². The van der Waals surface area contributed by atoms with Crippen molar-refractivity contribution >= 4 is 11.9 Å². The molecule has 1 aliphatic rings. The minimum atomic E-state index is -4.80. The Morgan fingerprint density at radius 2 is 1.74 bits per heavy atom. The van der Waals surface area contributed by atoms with Gasteiger partial charge in [0.05, 0.1) is 5.92 Å². The predicted octanol–water partition coefficient (Wildman–Crippen LogP) is 2.04. The van der Waals surface area contributed by atoms with Crippen molar-refractivity contribution in [3.8, 4) is 0 Å². The van der Waals surface area contributed by atoms with E-state index in [9.17, 15) is 27.2 Å². The first-order valence-electron chi connectivity index (χ1n) is 5.96. The number of carbonyl (C=O) groups excluding carboxylic acids is 1. The van der Waals surface area contributed by atoms with Crippen LogP contribution in [0.5, 0.6) is 0 Å². The van der Waals surface area contributed by atoms with Gasteiger partial charge in [0.15, 0.2) is 0 Å². The van der Waals surface area contributed by atoms with Crippen molar-refractivity contribution in [1.29, 1.82) is 0 Å². The van der Waals surface area contributed by atoms with E-state index in [1.165, 1.54) is 0 Å². The summed E-state index contributed by atoms with van der Waals surface area (Å²) in [5.41, 5.74) is 0. The van der Waals surface area contributed by atoms with Crippen LogP contribution in [0.4, 0.5) is 17.6 Å². The van der Waals surface area contributed by atoms with E-state index in [1.807, 2.05) is 0 Å². The summed E-state index contributed by atoms with van der Waals surface area (Å²) < 4.78 is 49.7. The summed E-state index contributed by atoms with van der Waals surface area (Å²) in [5, 5.41) is 10.7. The maximum Gasteiger partial charge on any atom is 0.383 e. The molecule has 2 unspecified atom stereocenters. The first kappa shape index (κ1) is 15.7. The highest BCUT2D eigenvalue weighted by Crippen LogP contribution is 2.27. The Morgan fingerprint density at radius 1 is 1.16 bits per heavy atom. The molecule has 0 saturated heterocycles. The second-order valence-electron chi connectivity index (χ2n) is 4.59. The molecule has 2 N–H and O–H groups in total. The summed E-state index contributed by atoms with van der Waals surface area (Å²) in [5.74, 6) is -9.14.